The molecular formula is C18H14N6O2. The first-order chi connectivity index (χ1) is 12.7. The maximum Gasteiger partial charge on any atom is 0.261 e. The van der Waals surface area contributed by atoms with Crippen molar-refractivity contribution in [1.29, 1.82) is 0 Å². The van der Waals surface area contributed by atoms with Crippen molar-refractivity contribution in [3.05, 3.63) is 76.6 Å². The highest BCUT2D eigenvalue weighted by atomic mass is 16.2. The van der Waals surface area contributed by atoms with Crippen molar-refractivity contribution in [2.45, 2.75) is 6.54 Å². The summed E-state index contributed by atoms with van der Waals surface area (Å²) in [6.45, 7) is 0.128. The quantitative estimate of drug-likeness (QED) is 0.519. The molecule has 0 atom stereocenters. The van der Waals surface area contributed by atoms with Crippen LogP contribution < -0.4 is 10.9 Å². The average Bonchev–Trinajstić information content (AvgIpc) is 3.15. The molecule has 8 nitrogen and oxygen atoms in total. The Bertz CT molecular complexity index is 1130. The number of carbonyl (C=O) groups is 1. The van der Waals surface area contributed by atoms with Gasteiger partial charge in [0.15, 0.2) is 5.82 Å². The Morgan fingerprint density at radius 3 is 2.77 bits per heavy atom. The fourth-order valence-corrected chi connectivity index (χ4v) is 2.58. The molecule has 8 heteroatoms. The van der Waals surface area contributed by atoms with E-state index in [9.17, 15) is 9.59 Å². The summed E-state index contributed by atoms with van der Waals surface area (Å²) < 4.78 is 0. The lowest BCUT2D eigenvalue weighted by Gasteiger charge is -2.04. The second-order valence-corrected chi connectivity index (χ2v) is 5.62. The first-order valence-corrected chi connectivity index (χ1v) is 7.92. The van der Waals surface area contributed by atoms with Gasteiger partial charge >= 0.3 is 0 Å². The summed E-state index contributed by atoms with van der Waals surface area (Å²) in [7, 11) is 0. The number of nitrogens with one attached hydrogen (secondary N) is 3. The molecule has 0 spiro atoms. The fraction of sp³-hybridized carbons (Fsp3) is 0.0556. The van der Waals surface area contributed by atoms with E-state index in [0.717, 1.165) is 10.9 Å². The molecule has 0 bridgehead atoms. The van der Waals surface area contributed by atoms with Gasteiger partial charge in [0.2, 0.25) is 0 Å². The summed E-state index contributed by atoms with van der Waals surface area (Å²) in [6.07, 6.45) is 3.30. The Morgan fingerprint density at radius 2 is 1.92 bits per heavy atom. The molecule has 0 fully saturated rings. The largest absolute Gasteiger partial charge is 0.345 e. The van der Waals surface area contributed by atoms with E-state index >= 15 is 0 Å². The van der Waals surface area contributed by atoms with Crippen LogP contribution in [0.4, 0.5) is 0 Å². The standard InChI is InChI=1S/C18H14N6O2/c25-17(13-9-12-3-1-2-4-14(12)21-18(13)26)20-10-15-22-16(24-23-15)11-5-7-19-8-6-11/h1-9H,10H2,(H,20,25)(H,21,26)(H,22,23,24). The Balaban J connectivity index is 1.50. The summed E-state index contributed by atoms with van der Waals surface area (Å²) in [5.41, 5.74) is 1.12. The summed E-state index contributed by atoms with van der Waals surface area (Å²) in [4.78, 5) is 35.4. The topological polar surface area (TPSA) is 116 Å². The monoisotopic (exact) mass is 346 g/mol. The molecule has 1 aromatic carbocycles. The smallest absolute Gasteiger partial charge is 0.261 e. The minimum Gasteiger partial charge on any atom is -0.345 e. The van der Waals surface area contributed by atoms with E-state index in [0.29, 0.717) is 17.2 Å². The normalized spacial score (nSPS) is 10.8. The first-order valence-electron chi connectivity index (χ1n) is 7.92. The Hall–Kier alpha value is -3.81. The highest BCUT2D eigenvalue weighted by Gasteiger charge is 2.13. The fourth-order valence-electron chi connectivity index (χ4n) is 2.58. The average molecular weight is 346 g/mol. The molecule has 0 aliphatic rings. The van der Waals surface area contributed by atoms with Gasteiger partial charge in [-0.3, -0.25) is 19.7 Å². The van der Waals surface area contributed by atoms with E-state index in [4.69, 9.17) is 0 Å². The van der Waals surface area contributed by atoms with Crippen LogP contribution in [0.2, 0.25) is 0 Å². The summed E-state index contributed by atoms with van der Waals surface area (Å²) in [6, 6.07) is 12.4. The molecule has 4 rings (SSSR count). The molecule has 3 N–H and O–H groups in total. The molecule has 0 unspecified atom stereocenters. The molecule has 0 aliphatic carbocycles. The Kier molecular flexibility index (Phi) is 3.98. The van der Waals surface area contributed by atoms with E-state index in [-0.39, 0.29) is 12.1 Å². The van der Waals surface area contributed by atoms with Gasteiger partial charge in [-0.25, -0.2) is 4.98 Å². The van der Waals surface area contributed by atoms with E-state index in [1.807, 2.05) is 18.2 Å². The zero-order chi connectivity index (χ0) is 17.9. The third-order valence-corrected chi connectivity index (χ3v) is 3.88. The molecule has 1 amide bonds. The highest BCUT2D eigenvalue weighted by Crippen LogP contribution is 2.12. The van der Waals surface area contributed by atoms with Crippen LogP contribution in [0, 0.1) is 0 Å². The van der Waals surface area contributed by atoms with Gasteiger partial charge in [0, 0.05) is 23.5 Å². The van der Waals surface area contributed by atoms with Gasteiger partial charge in [-0.15, -0.1) is 0 Å². The summed E-state index contributed by atoms with van der Waals surface area (Å²) in [5, 5.41) is 10.4. The Morgan fingerprint density at radius 1 is 1.12 bits per heavy atom. The minimum absolute atomic E-state index is 0.0533. The zero-order valence-corrected chi connectivity index (χ0v) is 13.6. The van der Waals surface area contributed by atoms with Crippen molar-refractivity contribution >= 4 is 16.8 Å². The molecule has 3 heterocycles. The number of hydrogen-bond acceptors (Lipinski definition) is 5. The first kappa shape index (κ1) is 15.7. The number of fused-ring (bicyclic) bond motifs is 1. The molecular weight excluding hydrogens is 332 g/mol. The number of benzene rings is 1. The van der Waals surface area contributed by atoms with Gasteiger partial charge < -0.3 is 10.3 Å². The van der Waals surface area contributed by atoms with Crippen LogP contribution in [-0.4, -0.2) is 31.1 Å². The molecule has 26 heavy (non-hydrogen) atoms. The number of para-hydroxylation sites is 1. The van der Waals surface area contributed by atoms with E-state index in [1.54, 1.807) is 36.7 Å². The van der Waals surface area contributed by atoms with Crippen molar-refractivity contribution in [3.63, 3.8) is 0 Å². The summed E-state index contributed by atoms with van der Waals surface area (Å²) in [5.74, 6) is 0.529. The van der Waals surface area contributed by atoms with E-state index in [2.05, 4.69) is 30.5 Å². The number of H-pyrrole nitrogens is 2. The molecule has 128 valence electrons. The van der Waals surface area contributed by atoms with Gasteiger partial charge in [0.1, 0.15) is 11.4 Å². The number of pyridine rings is 2. The highest BCUT2D eigenvalue weighted by molar-refractivity contribution is 5.97. The minimum atomic E-state index is -0.473. The molecule has 3 aromatic heterocycles. The molecule has 0 saturated carbocycles. The number of nitrogens with zero attached hydrogens (tertiary/aromatic N) is 3. The lowest BCUT2D eigenvalue weighted by Crippen LogP contribution is -2.29. The lowest BCUT2D eigenvalue weighted by molar-refractivity contribution is 0.0948. The van der Waals surface area contributed by atoms with Crippen molar-refractivity contribution in [2.24, 2.45) is 0 Å². The number of aromatic nitrogens is 5. The molecule has 0 radical (unpaired) electrons. The van der Waals surface area contributed by atoms with Crippen LogP contribution >= 0.6 is 0 Å². The van der Waals surface area contributed by atoms with Gasteiger partial charge in [-0.2, -0.15) is 5.10 Å². The van der Waals surface area contributed by atoms with E-state index < -0.39 is 11.5 Å². The zero-order valence-electron chi connectivity index (χ0n) is 13.6. The summed E-state index contributed by atoms with van der Waals surface area (Å²) >= 11 is 0. The van der Waals surface area contributed by atoms with E-state index in [1.165, 1.54) is 0 Å². The number of rotatable bonds is 4. The third kappa shape index (κ3) is 3.07. The number of carbonyl (C=O) groups excluding carboxylic acids is 1. The molecule has 4 aromatic rings. The number of hydrogen-bond donors (Lipinski definition) is 3. The Labute approximate surface area is 147 Å². The molecule has 0 saturated heterocycles. The maximum absolute atomic E-state index is 12.4. The van der Waals surface area contributed by atoms with Crippen LogP contribution in [0.1, 0.15) is 16.2 Å². The van der Waals surface area contributed by atoms with Crippen molar-refractivity contribution in [3.8, 4) is 11.4 Å². The number of aromatic amines is 2. The lowest BCUT2D eigenvalue weighted by atomic mass is 10.1. The van der Waals surface area contributed by atoms with Gasteiger partial charge in [0.25, 0.3) is 11.5 Å². The van der Waals surface area contributed by atoms with Crippen molar-refractivity contribution < 1.29 is 4.79 Å². The number of amides is 1. The SMILES string of the molecule is O=C(NCc1nc(-c2ccncc2)n[nH]1)c1cc2ccccc2[nH]c1=O. The second-order valence-electron chi connectivity index (χ2n) is 5.62. The maximum atomic E-state index is 12.4. The van der Waals surface area contributed by atoms with Crippen molar-refractivity contribution in [2.75, 3.05) is 0 Å². The third-order valence-electron chi connectivity index (χ3n) is 3.88. The van der Waals surface area contributed by atoms with Crippen LogP contribution in [0.5, 0.6) is 0 Å². The van der Waals surface area contributed by atoms with Crippen LogP contribution in [-0.2, 0) is 6.54 Å². The predicted octanol–water partition coefficient (Wildman–Crippen LogP) is 1.64. The van der Waals surface area contributed by atoms with Gasteiger partial charge in [0.05, 0.1) is 6.54 Å². The molecule has 0 aliphatic heterocycles. The van der Waals surface area contributed by atoms with Crippen LogP contribution in [0.15, 0.2) is 59.7 Å². The predicted molar refractivity (Wildman–Crippen MR) is 95.4 cm³/mol. The van der Waals surface area contributed by atoms with Gasteiger partial charge in [-0.05, 0) is 29.7 Å². The van der Waals surface area contributed by atoms with Crippen LogP contribution in [0.3, 0.4) is 0 Å². The van der Waals surface area contributed by atoms with Gasteiger partial charge in [-0.1, -0.05) is 18.2 Å². The second kappa shape index (κ2) is 6.60. The van der Waals surface area contributed by atoms with Crippen LogP contribution in [0.25, 0.3) is 22.3 Å². The van der Waals surface area contributed by atoms with Crippen molar-refractivity contribution in [1.82, 2.24) is 30.5 Å².